The Bertz CT molecular complexity index is 269. The van der Waals surface area contributed by atoms with Crippen LogP contribution in [0.1, 0.15) is 5.56 Å². The molecular weight excluding hydrogens is 158 g/mol. The number of rotatable bonds is 2. The normalized spacial score (nSPS) is 9.50. The maximum atomic E-state index is 10.6. The minimum atomic E-state index is -0.432. The number of carbonyl (C=O) groups is 1. The van der Waals surface area contributed by atoms with Gasteiger partial charge in [0.1, 0.15) is 0 Å². The average Bonchev–Trinajstić information content (AvgIpc) is 2.47. The zero-order valence-corrected chi connectivity index (χ0v) is 7.07. The molecule has 1 heterocycles. The predicted octanol–water partition coefficient (Wildman–Crippen LogP) is 0.276. The Kier molecular flexibility index (Phi) is 2.68. The van der Waals surface area contributed by atoms with Crippen molar-refractivity contribution >= 4 is 6.09 Å². The van der Waals surface area contributed by atoms with Crippen molar-refractivity contribution in [3.8, 4) is 0 Å². The van der Waals surface area contributed by atoms with Crippen LogP contribution in [0.4, 0.5) is 4.79 Å². The molecule has 0 aliphatic carbocycles. The van der Waals surface area contributed by atoms with E-state index in [2.05, 4.69) is 15.2 Å². The van der Waals surface area contributed by atoms with Gasteiger partial charge >= 0.3 is 6.09 Å². The largest absolute Gasteiger partial charge is 0.453 e. The highest BCUT2D eigenvalue weighted by Gasteiger charge is 1.99. The Labute approximate surface area is 70.3 Å². The molecule has 0 aliphatic rings. The summed E-state index contributed by atoms with van der Waals surface area (Å²) in [7, 11) is 3.15. The molecule has 0 aromatic carbocycles. The lowest BCUT2D eigenvalue weighted by molar-refractivity contribution is 0.170. The summed E-state index contributed by atoms with van der Waals surface area (Å²) in [6.07, 6.45) is 3.09. The Morgan fingerprint density at radius 2 is 2.58 bits per heavy atom. The Hall–Kier alpha value is -1.52. The van der Waals surface area contributed by atoms with Gasteiger partial charge < -0.3 is 10.1 Å². The number of methoxy groups -OCH3 is 1. The van der Waals surface area contributed by atoms with Crippen molar-refractivity contribution < 1.29 is 9.53 Å². The fourth-order valence-electron chi connectivity index (χ4n) is 0.810. The van der Waals surface area contributed by atoms with Gasteiger partial charge in [-0.2, -0.15) is 5.10 Å². The molecule has 0 aliphatic heterocycles. The lowest BCUT2D eigenvalue weighted by Gasteiger charge is -1.99. The third-order valence-corrected chi connectivity index (χ3v) is 1.38. The van der Waals surface area contributed by atoms with Gasteiger partial charge in [0, 0.05) is 25.4 Å². The number of hydrogen-bond acceptors (Lipinski definition) is 3. The fraction of sp³-hybridized carbons (Fsp3) is 0.429. The molecule has 0 fully saturated rings. The minimum absolute atomic E-state index is 0.432. The molecule has 1 aromatic heterocycles. The number of alkyl carbamates (subject to hydrolysis) is 1. The van der Waals surface area contributed by atoms with E-state index in [1.165, 1.54) is 7.11 Å². The van der Waals surface area contributed by atoms with Gasteiger partial charge in [0.15, 0.2) is 0 Å². The van der Waals surface area contributed by atoms with Gasteiger partial charge in [0.05, 0.1) is 13.3 Å². The van der Waals surface area contributed by atoms with E-state index in [9.17, 15) is 4.79 Å². The summed E-state index contributed by atoms with van der Waals surface area (Å²) in [5, 5.41) is 6.49. The number of aryl methyl sites for hydroxylation is 1. The van der Waals surface area contributed by atoms with E-state index in [0.717, 1.165) is 5.56 Å². The molecule has 0 radical (unpaired) electrons. The topological polar surface area (TPSA) is 56.1 Å². The molecule has 0 saturated heterocycles. The maximum Gasteiger partial charge on any atom is 0.407 e. The zero-order chi connectivity index (χ0) is 8.97. The zero-order valence-electron chi connectivity index (χ0n) is 7.07. The van der Waals surface area contributed by atoms with Crippen LogP contribution in [0.2, 0.25) is 0 Å². The van der Waals surface area contributed by atoms with Crippen LogP contribution in [0.25, 0.3) is 0 Å². The molecule has 1 rings (SSSR count). The van der Waals surface area contributed by atoms with Gasteiger partial charge in [-0.15, -0.1) is 0 Å². The third kappa shape index (κ3) is 2.26. The van der Waals surface area contributed by atoms with Crippen LogP contribution in [0, 0.1) is 0 Å². The van der Waals surface area contributed by atoms with Crippen LogP contribution < -0.4 is 5.32 Å². The fourth-order valence-corrected chi connectivity index (χ4v) is 0.810. The number of hydrogen-bond donors (Lipinski definition) is 1. The minimum Gasteiger partial charge on any atom is -0.453 e. The molecule has 12 heavy (non-hydrogen) atoms. The van der Waals surface area contributed by atoms with E-state index in [0.29, 0.717) is 6.54 Å². The van der Waals surface area contributed by atoms with Crippen molar-refractivity contribution in [3.05, 3.63) is 18.0 Å². The van der Waals surface area contributed by atoms with Crippen LogP contribution in [0.3, 0.4) is 0 Å². The van der Waals surface area contributed by atoms with Gasteiger partial charge in [-0.25, -0.2) is 4.79 Å². The van der Waals surface area contributed by atoms with Crippen molar-refractivity contribution in [2.45, 2.75) is 6.54 Å². The maximum absolute atomic E-state index is 10.6. The molecule has 1 aromatic rings. The summed E-state index contributed by atoms with van der Waals surface area (Å²) in [5.74, 6) is 0. The lowest BCUT2D eigenvalue weighted by atomic mass is 10.4. The number of amides is 1. The molecule has 0 spiro atoms. The molecule has 5 heteroatoms. The second-order valence-electron chi connectivity index (χ2n) is 2.37. The highest BCUT2D eigenvalue weighted by atomic mass is 16.5. The summed E-state index contributed by atoms with van der Waals surface area (Å²) >= 11 is 0. The second-order valence-corrected chi connectivity index (χ2v) is 2.37. The molecule has 0 saturated carbocycles. The van der Waals surface area contributed by atoms with Crippen LogP contribution in [-0.2, 0) is 18.3 Å². The van der Waals surface area contributed by atoms with Crippen molar-refractivity contribution in [2.24, 2.45) is 7.05 Å². The monoisotopic (exact) mass is 169 g/mol. The van der Waals surface area contributed by atoms with E-state index in [-0.39, 0.29) is 0 Å². The lowest BCUT2D eigenvalue weighted by Crippen LogP contribution is -2.21. The molecule has 1 amide bonds. The molecule has 66 valence electrons. The number of nitrogens with one attached hydrogen (secondary N) is 1. The highest BCUT2D eigenvalue weighted by Crippen LogP contribution is 1.94. The Morgan fingerprint density at radius 1 is 1.83 bits per heavy atom. The van der Waals surface area contributed by atoms with Crippen LogP contribution in [0.15, 0.2) is 12.4 Å². The van der Waals surface area contributed by atoms with Crippen LogP contribution in [0.5, 0.6) is 0 Å². The Balaban J connectivity index is 2.38. The molecule has 0 unspecified atom stereocenters. The number of ether oxygens (including phenoxy) is 1. The van der Waals surface area contributed by atoms with Gasteiger partial charge in [0.25, 0.3) is 0 Å². The van der Waals surface area contributed by atoms with Gasteiger partial charge in [-0.3, -0.25) is 4.68 Å². The van der Waals surface area contributed by atoms with Crippen molar-refractivity contribution in [2.75, 3.05) is 7.11 Å². The average molecular weight is 169 g/mol. The van der Waals surface area contributed by atoms with E-state index < -0.39 is 6.09 Å². The SMILES string of the molecule is COC(=O)NCc1cnn(C)c1. The smallest absolute Gasteiger partial charge is 0.407 e. The molecule has 0 bridgehead atoms. The number of nitrogens with zero attached hydrogens (tertiary/aromatic N) is 2. The van der Waals surface area contributed by atoms with Crippen molar-refractivity contribution in [1.82, 2.24) is 15.1 Å². The van der Waals surface area contributed by atoms with Crippen molar-refractivity contribution in [3.63, 3.8) is 0 Å². The van der Waals surface area contributed by atoms with E-state index >= 15 is 0 Å². The first-order valence-electron chi connectivity index (χ1n) is 3.51. The summed E-state index contributed by atoms with van der Waals surface area (Å²) in [4.78, 5) is 10.6. The Morgan fingerprint density at radius 3 is 3.08 bits per heavy atom. The molecule has 0 atom stereocenters. The quantitative estimate of drug-likeness (QED) is 0.691. The highest BCUT2D eigenvalue weighted by molar-refractivity contribution is 5.66. The summed E-state index contributed by atoms with van der Waals surface area (Å²) < 4.78 is 6.08. The van der Waals surface area contributed by atoms with Crippen LogP contribution >= 0.6 is 0 Å². The second kappa shape index (κ2) is 3.75. The molecule has 1 N–H and O–H groups in total. The first-order valence-corrected chi connectivity index (χ1v) is 3.51. The van der Waals surface area contributed by atoms with Gasteiger partial charge in [-0.1, -0.05) is 0 Å². The molecule has 5 nitrogen and oxygen atoms in total. The van der Waals surface area contributed by atoms with Gasteiger partial charge in [0.2, 0.25) is 0 Å². The predicted molar refractivity (Wildman–Crippen MR) is 42.5 cm³/mol. The summed E-state index contributed by atoms with van der Waals surface area (Å²) in [5.41, 5.74) is 0.947. The van der Waals surface area contributed by atoms with Crippen LogP contribution in [-0.4, -0.2) is 23.0 Å². The standard InChI is InChI=1S/C7H11N3O2/c1-10-5-6(4-9-10)3-8-7(11)12-2/h4-5H,3H2,1-2H3,(H,8,11). The van der Waals surface area contributed by atoms with Gasteiger partial charge in [-0.05, 0) is 0 Å². The summed E-state index contributed by atoms with van der Waals surface area (Å²) in [6, 6.07) is 0. The molecular formula is C7H11N3O2. The van der Waals surface area contributed by atoms with E-state index in [4.69, 9.17) is 0 Å². The first kappa shape index (κ1) is 8.58. The van der Waals surface area contributed by atoms with E-state index in [1.807, 2.05) is 13.2 Å². The number of aromatic nitrogens is 2. The number of carbonyl (C=O) groups excluding carboxylic acids is 1. The summed E-state index contributed by atoms with van der Waals surface area (Å²) in [6.45, 7) is 0.445. The third-order valence-electron chi connectivity index (χ3n) is 1.38. The van der Waals surface area contributed by atoms with Crippen molar-refractivity contribution in [1.29, 1.82) is 0 Å². The van der Waals surface area contributed by atoms with E-state index in [1.54, 1.807) is 10.9 Å². The first-order chi connectivity index (χ1) is 5.72.